The number of carbonyl (C=O) groups excluding carboxylic acids is 2. The number of rotatable bonds is 12. The second-order valence-electron chi connectivity index (χ2n) is 10.1. The van der Waals surface area contributed by atoms with Gasteiger partial charge in [-0.3, -0.25) is 9.59 Å². The molecular formula is C27H42ClN3O5S. The molecule has 0 unspecified atom stereocenters. The highest BCUT2D eigenvalue weighted by Crippen LogP contribution is 2.26. The average Bonchev–Trinajstić information content (AvgIpc) is 2.92. The highest BCUT2D eigenvalue weighted by molar-refractivity contribution is 7.89. The smallest absolute Gasteiger partial charge is 0.238 e. The van der Waals surface area contributed by atoms with Crippen LogP contribution in [0.5, 0.6) is 5.75 Å². The topological polar surface area (TPSA) is 87.2 Å². The maximum Gasteiger partial charge on any atom is 0.238 e. The Hall–Kier alpha value is -1.84. The standard InChI is InChI=1S/C27H42ClN3O5S/c1-3-37(34,35)30(19-22-7-5-4-6-8-22)21-27(33)31(20-23-9-11-25(36-2)12-10-23)24-14-17-29(18-15-24)26(32)13-16-28/h9-12,22,24H,3-8,13-21H2,1-2H3. The number of hydrogen-bond acceptors (Lipinski definition) is 5. The van der Waals surface area contributed by atoms with Crippen LogP contribution in [0, 0.1) is 5.92 Å². The van der Waals surface area contributed by atoms with Gasteiger partial charge in [-0.25, -0.2) is 8.42 Å². The molecular weight excluding hydrogens is 514 g/mol. The molecule has 2 fully saturated rings. The Morgan fingerprint density at radius 2 is 1.70 bits per heavy atom. The number of hydrogen-bond donors (Lipinski definition) is 0. The highest BCUT2D eigenvalue weighted by Gasteiger charge is 2.33. The summed E-state index contributed by atoms with van der Waals surface area (Å²) in [5, 5.41) is 0. The monoisotopic (exact) mass is 555 g/mol. The van der Waals surface area contributed by atoms with Crippen molar-refractivity contribution in [1.29, 1.82) is 0 Å². The second-order valence-corrected chi connectivity index (χ2v) is 12.8. The van der Waals surface area contributed by atoms with Crippen LogP contribution in [-0.4, -0.2) is 85.3 Å². The van der Waals surface area contributed by atoms with Crippen molar-refractivity contribution < 1.29 is 22.7 Å². The minimum Gasteiger partial charge on any atom is -0.497 e. The van der Waals surface area contributed by atoms with Crippen molar-refractivity contribution in [1.82, 2.24) is 14.1 Å². The van der Waals surface area contributed by atoms with Gasteiger partial charge in [0, 0.05) is 44.5 Å². The molecule has 1 saturated carbocycles. The number of methoxy groups -OCH3 is 1. The minimum absolute atomic E-state index is 0.0213. The van der Waals surface area contributed by atoms with Gasteiger partial charge in [-0.15, -0.1) is 11.6 Å². The van der Waals surface area contributed by atoms with Gasteiger partial charge in [0.2, 0.25) is 21.8 Å². The number of carbonyl (C=O) groups is 2. The molecule has 1 aliphatic heterocycles. The first-order chi connectivity index (χ1) is 17.8. The second kappa shape index (κ2) is 14.4. The zero-order valence-corrected chi connectivity index (χ0v) is 23.8. The molecule has 208 valence electrons. The first-order valence-electron chi connectivity index (χ1n) is 13.5. The molecule has 0 aromatic heterocycles. The fourth-order valence-corrected chi connectivity index (χ4v) is 6.64. The zero-order chi connectivity index (χ0) is 26.8. The Morgan fingerprint density at radius 3 is 2.27 bits per heavy atom. The van der Waals surface area contributed by atoms with E-state index in [1.807, 2.05) is 34.1 Å². The van der Waals surface area contributed by atoms with Crippen LogP contribution in [0.25, 0.3) is 0 Å². The van der Waals surface area contributed by atoms with E-state index >= 15 is 0 Å². The van der Waals surface area contributed by atoms with E-state index in [2.05, 4.69) is 0 Å². The number of amides is 2. The molecule has 8 nitrogen and oxygen atoms in total. The van der Waals surface area contributed by atoms with E-state index in [-0.39, 0.29) is 30.2 Å². The Bertz CT molecular complexity index is 974. The van der Waals surface area contributed by atoms with Gasteiger partial charge >= 0.3 is 0 Å². The molecule has 0 spiro atoms. The first-order valence-corrected chi connectivity index (χ1v) is 15.7. The van der Waals surface area contributed by atoms with E-state index in [1.54, 1.807) is 14.0 Å². The first kappa shape index (κ1) is 29.7. The maximum atomic E-state index is 13.8. The summed E-state index contributed by atoms with van der Waals surface area (Å²) in [5.41, 5.74) is 0.951. The average molecular weight is 556 g/mol. The molecule has 2 aliphatic rings. The summed E-state index contributed by atoms with van der Waals surface area (Å²) in [4.78, 5) is 29.7. The summed E-state index contributed by atoms with van der Waals surface area (Å²) in [6, 6.07) is 7.52. The van der Waals surface area contributed by atoms with Crippen molar-refractivity contribution >= 4 is 33.4 Å². The molecule has 2 amide bonds. The van der Waals surface area contributed by atoms with Crippen molar-refractivity contribution in [2.24, 2.45) is 5.92 Å². The zero-order valence-electron chi connectivity index (χ0n) is 22.2. The number of halogens is 1. The predicted octanol–water partition coefficient (Wildman–Crippen LogP) is 3.88. The lowest BCUT2D eigenvalue weighted by Crippen LogP contribution is -2.52. The van der Waals surface area contributed by atoms with E-state index < -0.39 is 10.0 Å². The van der Waals surface area contributed by atoms with Gasteiger partial charge in [0.15, 0.2) is 0 Å². The van der Waals surface area contributed by atoms with Crippen molar-refractivity contribution in [2.45, 2.75) is 70.9 Å². The molecule has 1 heterocycles. The number of piperidine rings is 1. The summed E-state index contributed by atoms with van der Waals surface area (Å²) in [7, 11) is -1.91. The molecule has 1 aliphatic carbocycles. The fourth-order valence-electron chi connectivity index (χ4n) is 5.37. The van der Waals surface area contributed by atoms with Crippen LogP contribution < -0.4 is 4.74 Å². The van der Waals surface area contributed by atoms with Crippen LogP contribution in [0.4, 0.5) is 0 Å². The molecule has 1 aromatic carbocycles. The molecule has 0 atom stereocenters. The van der Waals surface area contributed by atoms with Gasteiger partial charge in [0.05, 0.1) is 19.4 Å². The summed E-state index contributed by atoms with van der Waals surface area (Å²) in [6.07, 6.45) is 7.05. The van der Waals surface area contributed by atoms with Gasteiger partial charge in [-0.2, -0.15) is 4.31 Å². The third kappa shape index (κ3) is 8.58. The third-order valence-corrected chi connectivity index (χ3v) is 9.64. The number of ether oxygens (including phenoxy) is 1. The number of likely N-dealkylation sites (tertiary alicyclic amines) is 1. The SMILES string of the molecule is CCS(=O)(=O)N(CC(=O)N(Cc1ccc(OC)cc1)C1CCN(C(=O)CCCl)CC1)CC1CCCCC1. The third-order valence-electron chi connectivity index (χ3n) is 7.66. The lowest BCUT2D eigenvalue weighted by atomic mass is 9.89. The summed E-state index contributed by atoms with van der Waals surface area (Å²) in [6.45, 7) is 3.40. The number of sulfonamides is 1. The van der Waals surface area contributed by atoms with Crippen LogP contribution >= 0.6 is 11.6 Å². The summed E-state index contributed by atoms with van der Waals surface area (Å²) in [5.74, 6) is 1.16. The van der Waals surface area contributed by atoms with Gasteiger partial charge in [-0.05, 0) is 56.2 Å². The lowest BCUT2D eigenvalue weighted by molar-refractivity contribution is -0.137. The fraction of sp³-hybridized carbons (Fsp3) is 0.704. The summed E-state index contributed by atoms with van der Waals surface area (Å²) < 4.78 is 32.7. The number of benzene rings is 1. The van der Waals surface area contributed by atoms with Gasteiger partial charge in [0.25, 0.3) is 0 Å². The normalized spacial score (nSPS) is 17.7. The van der Waals surface area contributed by atoms with E-state index in [1.165, 1.54) is 10.7 Å². The molecule has 10 heteroatoms. The van der Waals surface area contributed by atoms with Crippen LogP contribution in [-0.2, 0) is 26.2 Å². The van der Waals surface area contributed by atoms with E-state index in [0.717, 1.165) is 37.0 Å². The van der Waals surface area contributed by atoms with Crippen LogP contribution in [0.15, 0.2) is 24.3 Å². The molecule has 3 rings (SSSR count). The molecule has 0 bridgehead atoms. The number of nitrogens with zero attached hydrogens (tertiary/aromatic N) is 3. The van der Waals surface area contributed by atoms with Crippen LogP contribution in [0.3, 0.4) is 0 Å². The van der Waals surface area contributed by atoms with Crippen molar-refractivity contribution in [3.63, 3.8) is 0 Å². The van der Waals surface area contributed by atoms with Gasteiger partial charge < -0.3 is 14.5 Å². The Kier molecular flexibility index (Phi) is 11.5. The molecule has 0 radical (unpaired) electrons. The van der Waals surface area contributed by atoms with Crippen LogP contribution in [0.2, 0.25) is 0 Å². The molecule has 1 saturated heterocycles. The van der Waals surface area contributed by atoms with Gasteiger partial charge in [0.1, 0.15) is 5.75 Å². The Labute approximate surface area is 227 Å². The van der Waals surface area contributed by atoms with E-state index in [9.17, 15) is 18.0 Å². The highest BCUT2D eigenvalue weighted by atomic mass is 35.5. The Morgan fingerprint density at radius 1 is 1.05 bits per heavy atom. The van der Waals surface area contributed by atoms with E-state index in [4.69, 9.17) is 16.3 Å². The Balaban J connectivity index is 1.77. The van der Waals surface area contributed by atoms with Crippen LogP contribution in [0.1, 0.15) is 63.9 Å². The minimum atomic E-state index is -3.52. The van der Waals surface area contributed by atoms with E-state index in [0.29, 0.717) is 57.2 Å². The maximum absolute atomic E-state index is 13.8. The quantitative estimate of drug-likeness (QED) is 0.365. The number of alkyl halides is 1. The molecule has 0 N–H and O–H groups in total. The largest absolute Gasteiger partial charge is 0.497 e. The van der Waals surface area contributed by atoms with Crippen molar-refractivity contribution in [3.05, 3.63) is 29.8 Å². The molecule has 1 aromatic rings. The van der Waals surface area contributed by atoms with Gasteiger partial charge in [-0.1, -0.05) is 31.4 Å². The summed E-state index contributed by atoms with van der Waals surface area (Å²) >= 11 is 5.75. The molecule has 37 heavy (non-hydrogen) atoms. The lowest BCUT2D eigenvalue weighted by Gasteiger charge is -2.39. The van der Waals surface area contributed by atoms with Crippen molar-refractivity contribution in [2.75, 3.05) is 44.9 Å². The van der Waals surface area contributed by atoms with Crippen molar-refractivity contribution in [3.8, 4) is 5.75 Å². The predicted molar refractivity (Wildman–Crippen MR) is 146 cm³/mol.